The summed E-state index contributed by atoms with van der Waals surface area (Å²) < 4.78 is 10.8. The second-order valence-corrected chi connectivity index (χ2v) is 6.21. The molecule has 1 saturated heterocycles. The van der Waals surface area contributed by atoms with E-state index >= 15 is 0 Å². The maximum atomic E-state index is 11.7. The van der Waals surface area contributed by atoms with Crippen molar-refractivity contribution in [2.45, 2.75) is 39.3 Å². The Balaban J connectivity index is 1.48. The van der Waals surface area contributed by atoms with Crippen LogP contribution in [0.4, 0.5) is 4.79 Å². The Kier molecular flexibility index (Phi) is 5.65. The fourth-order valence-electron chi connectivity index (χ4n) is 2.93. The Bertz CT molecular complexity index is 708. The van der Waals surface area contributed by atoms with Crippen molar-refractivity contribution < 1.29 is 13.9 Å². The molecule has 2 aromatic rings. The second kappa shape index (κ2) is 8.11. The molecule has 1 aromatic carbocycles. The molecular weight excluding hydrogens is 320 g/mol. The van der Waals surface area contributed by atoms with Crippen molar-refractivity contribution in [3.05, 3.63) is 35.7 Å². The van der Waals surface area contributed by atoms with Gasteiger partial charge in [-0.1, -0.05) is 17.7 Å². The lowest BCUT2D eigenvalue weighted by Crippen LogP contribution is -2.44. The number of aryl methyl sites for hydroxylation is 1. The predicted molar refractivity (Wildman–Crippen MR) is 92.9 cm³/mol. The highest BCUT2D eigenvalue weighted by Gasteiger charge is 2.23. The second-order valence-electron chi connectivity index (χ2n) is 6.21. The van der Waals surface area contributed by atoms with Gasteiger partial charge < -0.3 is 19.4 Å². The highest BCUT2D eigenvalue weighted by molar-refractivity contribution is 5.67. The maximum Gasteiger partial charge on any atom is 0.409 e. The van der Waals surface area contributed by atoms with Crippen molar-refractivity contribution >= 4 is 6.09 Å². The molecule has 0 aliphatic carbocycles. The average molecular weight is 344 g/mol. The molecule has 1 aliphatic heterocycles. The van der Waals surface area contributed by atoms with E-state index in [2.05, 4.69) is 15.5 Å². The summed E-state index contributed by atoms with van der Waals surface area (Å²) in [4.78, 5) is 13.4. The molecule has 3 rings (SSSR count). The number of hydrogen-bond donors (Lipinski definition) is 1. The molecule has 7 heteroatoms. The summed E-state index contributed by atoms with van der Waals surface area (Å²) in [5, 5.41) is 11.7. The number of amides is 1. The van der Waals surface area contributed by atoms with E-state index in [0.29, 0.717) is 44.1 Å². The third-order valence-corrected chi connectivity index (χ3v) is 4.29. The van der Waals surface area contributed by atoms with Crippen LogP contribution in [0, 0.1) is 6.92 Å². The van der Waals surface area contributed by atoms with Gasteiger partial charge in [0, 0.05) is 24.7 Å². The van der Waals surface area contributed by atoms with Gasteiger partial charge in [0.2, 0.25) is 11.8 Å². The minimum Gasteiger partial charge on any atom is -0.450 e. The van der Waals surface area contributed by atoms with Gasteiger partial charge in [0.1, 0.15) is 0 Å². The average Bonchev–Trinajstić information content (AvgIpc) is 3.10. The molecule has 0 unspecified atom stereocenters. The number of aromatic nitrogens is 2. The van der Waals surface area contributed by atoms with E-state index in [-0.39, 0.29) is 6.09 Å². The van der Waals surface area contributed by atoms with Gasteiger partial charge in [0.25, 0.3) is 0 Å². The largest absolute Gasteiger partial charge is 0.450 e. The van der Waals surface area contributed by atoms with E-state index < -0.39 is 0 Å². The van der Waals surface area contributed by atoms with Crippen LogP contribution in [-0.4, -0.2) is 46.9 Å². The maximum absolute atomic E-state index is 11.7. The molecule has 0 saturated carbocycles. The van der Waals surface area contributed by atoms with Crippen molar-refractivity contribution in [2.24, 2.45) is 0 Å². The fraction of sp³-hybridized carbons (Fsp3) is 0.500. The number of carbonyl (C=O) groups excluding carboxylic acids is 1. The monoisotopic (exact) mass is 344 g/mol. The summed E-state index contributed by atoms with van der Waals surface area (Å²) in [6.07, 6.45) is 1.55. The number of nitrogens with zero attached hydrogens (tertiary/aromatic N) is 3. The van der Waals surface area contributed by atoms with Crippen LogP contribution < -0.4 is 5.32 Å². The molecule has 7 nitrogen and oxygen atoms in total. The molecule has 1 fully saturated rings. The molecular formula is C18H24N4O3. The van der Waals surface area contributed by atoms with Crippen LogP contribution in [-0.2, 0) is 11.3 Å². The molecule has 1 N–H and O–H groups in total. The van der Waals surface area contributed by atoms with Crippen molar-refractivity contribution in [3.63, 3.8) is 0 Å². The normalized spacial score (nSPS) is 15.4. The van der Waals surface area contributed by atoms with Crippen LogP contribution in [0.3, 0.4) is 0 Å². The van der Waals surface area contributed by atoms with Crippen molar-refractivity contribution in [3.8, 4) is 11.5 Å². The zero-order valence-corrected chi connectivity index (χ0v) is 14.7. The topological polar surface area (TPSA) is 80.5 Å². The van der Waals surface area contributed by atoms with Gasteiger partial charge in [0.15, 0.2) is 0 Å². The molecule has 0 spiro atoms. The Hall–Kier alpha value is -2.41. The lowest BCUT2D eigenvalue weighted by Gasteiger charge is -2.31. The van der Waals surface area contributed by atoms with E-state index in [1.54, 1.807) is 4.90 Å². The number of carbonyl (C=O) groups is 1. The van der Waals surface area contributed by atoms with Gasteiger partial charge in [-0.2, -0.15) is 0 Å². The molecule has 1 aromatic heterocycles. The summed E-state index contributed by atoms with van der Waals surface area (Å²) >= 11 is 0. The van der Waals surface area contributed by atoms with Gasteiger partial charge >= 0.3 is 6.09 Å². The van der Waals surface area contributed by atoms with Gasteiger partial charge in [-0.3, -0.25) is 0 Å². The Morgan fingerprint density at radius 2 is 2.16 bits per heavy atom. The molecule has 1 aliphatic rings. The van der Waals surface area contributed by atoms with E-state index in [1.807, 2.05) is 38.1 Å². The zero-order valence-electron chi connectivity index (χ0n) is 14.7. The number of likely N-dealkylation sites (tertiary alicyclic amines) is 1. The lowest BCUT2D eigenvalue weighted by molar-refractivity contribution is 0.0948. The van der Waals surface area contributed by atoms with Gasteiger partial charge in [-0.25, -0.2) is 4.79 Å². The molecule has 1 amide bonds. The summed E-state index contributed by atoms with van der Waals surface area (Å²) in [7, 11) is 0. The lowest BCUT2D eigenvalue weighted by atomic mass is 10.1. The number of rotatable bonds is 5. The summed E-state index contributed by atoms with van der Waals surface area (Å²) in [6, 6.07) is 8.33. The quantitative estimate of drug-likeness (QED) is 0.898. The van der Waals surface area contributed by atoms with Crippen molar-refractivity contribution in [1.82, 2.24) is 20.4 Å². The first kappa shape index (κ1) is 17.4. The summed E-state index contributed by atoms with van der Waals surface area (Å²) in [5.41, 5.74) is 2.09. The third kappa shape index (κ3) is 4.57. The van der Waals surface area contributed by atoms with Gasteiger partial charge in [-0.05, 0) is 38.8 Å². The smallest absolute Gasteiger partial charge is 0.409 e. The van der Waals surface area contributed by atoms with E-state index in [1.165, 1.54) is 0 Å². The SMILES string of the molecule is CCOC(=O)N1CCC(NCc2nnc(-c3cccc(C)c3)o2)CC1. The molecule has 25 heavy (non-hydrogen) atoms. The number of piperidine rings is 1. The van der Waals surface area contributed by atoms with Gasteiger partial charge in [-0.15, -0.1) is 10.2 Å². The minimum absolute atomic E-state index is 0.222. The Morgan fingerprint density at radius 1 is 1.36 bits per heavy atom. The van der Waals surface area contributed by atoms with Crippen LogP contribution >= 0.6 is 0 Å². The van der Waals surface area contributed by atoms with Crippen LogP contribution in [0.2, 0.25) is 0 Å². The number of hydrogen-bond acceptors (Lipinski definition) is 6. The standard InChI is InChI=1S/C18H24N4O3/c1-3-24-18(23)22-9-7-15(8-10-22)19-12-16-20-21-17(25-16)14-6-4-5-13(2)11-14/h4-6,11,15,19H,3,7-10,12H2,1-2H3. The minimum atomic E-state index is -0.222. The zero-order chi connectivity index (χ0) is 17.6. The first-order valence-electron chi connectivity index (χ1n) is 8.70. The highest BCUT2D eigenvalue weighted by atomic mass is 16.6. The number of nitrogens with one attached hydrogen (secondary N) is 1. The van der Waals surface area contributed by atoms with E-state index in [9.17, 15) is 4.79 Å². The molecule has 2 heterocycles. The highest BCUT2D eigenvalue weighted by Crippen LogP contribution is 2.19. The third-order valence-electron chi connectivity index (χ3n) is 4.29. The Morgan fingerprint density at radius 3 is 2.88 bits per heavy atom. The fourth-order valence-corrected chi connectivity index (χ4v) is 2.93. The summed E-state index contributed by atoms with van der Waals surface area (Å²) in [6.45, 7) is 6.21. The van der Waals surface area contributed by atoms with Crippen LogP contribution in [0.5, 0.6) is 0 Å². The van der Waals surface area contributed by atoms with Crippen molar-refractivity contribution in [1.29, 1.82) is 0 Å². The van der Waals surface area contributed by atoms with Crippen LogP contribution in [0.25, 0.3) is 11.5 Å². The van der Waals surface area contributed by atoms with Gasteiger partial charge in [0.05, 0.1) is 13.2 Å². The predicted octanol–water partition coefficient (Wildman–Crippen LogP) is 2.76. The van der Waals surface area contributed by atoms with Crippen LogP contribution in [0.1, 0.15) is 31.2 Å². The number of ether oxygens (including phenoxy) is 1. The molecule has 0 bridgehead atoms. The van der Waals surface area contributed by atoms with E-state index in [4.69, 9.17) is 9.15 Å². The van der Waals surface area contributed by atoms with Crippen molar-refractivity contribution in [2.75, 3.05) is 19.7 Å². The Labute approximate surface area is 147 Å². The first-order valence-corrected chi connectivity index (χ1v) is 8.70. The van der Waals surface area contributed by atoms with E-state index in [0.717, 1.165) is 24.0 Å². The number of benzene rings is 1. The molecule has 0 atom stereocenters. The molecule has 134 valence electrons. The molecule has 0 radical (unpaired) electrons. The van der Waals surface area contributed by atoms with Crippen LogP contribution in [0.15, 0.2) is 28.7 Å². The summed E-state index contributed by atoms with van der Waals surface area (Å²) in [5.74, 6) is 1.11. The first-order chi connectivity index (χ1) is 12.2.